The van der Waals surface area contributed by atoms with Crippen LogP contribution in [0.3, 0.4) is 0 Å². The minimum atomic E-state index is -0.303. The lowest BCUT2D eigenvalue weighted by atomic mass is 10.2. The summed E-state index contributed by atoms with van der Waals surface area (Å²) in [5.41, 5.74) is 3.79. The lowest BCUT2D eigenvalue weighted by molar-refractivity contribution is -0.116. The minimum absolute atomic E-state index is 0.119. The van der Waals surface area contributed by atoms with Gasteiger partial charge in [0.1, 0.15) is 18.3 Å². The maximum Gasteiger partial charge on any atom is 0.264 e. The first-order chi connectivity index (χ1) is 13.5. The van der Waals surface area contributed by atoms with Crippen molar-refractivity contribution in [3.05, 3.63) is 82.5 Å². The molecule has 7 heteroatoms. The zero-order valence-electron chi connectivity index (χ0n) is 15.6. The van der Waals surface area contributed by atoms with Crippen LogP contribution in [0.4, 0.5) is 5.69 Å². The van der Waals surface area contributed by atoms with Crippen LogP contribution in [0.5, 0.6) is 0 Å². The predicted octanol–water partition coefficient (Wildman–Crippen LogP) is 2.84. The Hall–Kier alpha value is -3.74. The fourth-order valence-electron chi connectivity index (χ4n) is 2.99. The van der Waals surface area contributed by atoms with Crippen molar-refractivity contribution in [1.82, 2.24) is 19.3 Å². The molecule has 0 spiro atoms. The van der Waals surface area contributed by atoms with Crippen LogP contribution in [0, 0.1) is 13.8 Å². The number of aromatic nitrogens is 4. The summed E-state index contributed by atoms with van der Waals surface area (Å²) in [4.78, 5) is 29.5. The van der Waals surface area contributed by atoms with Gasteiger partial charge in [-0.25, -0.2) is 9.67 Å². The Kier molecular flexibility index (Phi) is 4.49. The topological polar surface area (TPSA) is 81.8 Å². The second kappa shape index (κ2) is 7.11. The number of hydrogen-bond acceptors (Lipinski definition) is 4. The van der Waals surface area contributed by atoms with Gasteiger partial charge in [-0.2, -0.15) is 5.10 Å². The van der Waals surface area contributed by atoms with Gasteiger partial charge in [-0.15, -0.1) is 0 Å². The summed E-state index contributed by atoms with van der Waals surface area (Å²) < 4.78 is 2.91. The lowest BCUT2D eigenvalue weighted by Gasteiger charge is -2.09. The van der Waals surface area contributed by atoms with Crippen molar-refractivity contribution < 1.29 is 4.79 Å². The highest BCUT2D eigenvalue weighted by molar-refractivity contribution is 5.91. The molecule has 0 atom stereocenters. The highest BCUT2D eigenvalue weighted by Crippen LogP contribution is 2.15. The number of hydrogen-bond donors (Lipinski definition) is 1. The third kappa shape index (κ3) is 3.29. The van der Waals surface area contributed by atoms with Gasteiger partial charge < -0.3 is 5.32 Å². The molecule has 2 aromatic carbocycles. The normalized spacial score (nSPS) is 10.9. The first-order valence-corrected chi connectivity index (χ1v) is 8.88. The van der Waals surface area contributed by atoms with Crippen molar-refractivity contribution in [3.8, 4) is 5.69 Å². The molecule has 4 rings (SSSR count). The molecule has 0 saturated carbocycles. The van der Waals surface area contributed by atoms with Gasteiger partial charge in [0.25, 0.3) is 5.56 Å². The van der Waals surface area contributed by atoms with Gasteiger partial charge in [0, 0.05) is 5.69 Å². The molecule has 0 unspecified atom stereocenters. The number of nitrogens with zero attached hydrogens (tertiary/aromatic N) is 4. The van der Waals surface area contributed by atoms with Crippen LogP contribution in [-0.4, -0.2) is 25.2 Å². The molecule has 0 aliphatic rings. The summed E-state index contributed by atoms with van der Waals surface area (Å²) in [7, 11) is 0. The number of rotatable bonds is 4. The third-order valence-electron chi connectivity index (χ3n) is 4.57. The predicted molar refractivity (Wildman–Crippen MR) is 108 cm³/mol. The van der Waals surface area contributed by atoms with E-state index in [1.807, 2.05) is 62.4 Å². The lowest BCUT2D eigenvalue weighted by Crippen LogP contribution is -2.28. The van der Waals surface area contributed by atoms with Crippen molar-refractivity contribution in [2.45, 2.75) is 20.4 Å². The van der Waals surface area contributed by atoms with Crippen LogP contribution < -0.4 is 10.9 Å². The monoisotopic (exact) mass is 373 g/mol. The van der Waals surface area contributed by atoms with E-state index in [2.05, 4.69) is 15.4 Å². The summed E-state index contributed by atoms with van der Waals surface area (Å²) in [5.74, 6) is -0.288. The van der Waals surface area contributed by atoms with Crippen molar-refractivity contribution in [2.75, 3.05) is 5.32 Å². The van der Waals surface area contributed by atoms with Crippen LogP contribution >= 0.6 is 0 Å². The summed E-state index contributed by atoms with van der Waals surface area (Å²) in [6, 6.07) is 15.3. The number of fused-ring (bicyclic) bond motifs is 1. The van der Waals surface area contributed by atoms with Crippen LogP contribution in [0.15, 0.2) is 65.8 Å². The molecule has 1 N–H and O–H groups in total. The number of aryl methyl sites for hydroxylation is 2. The molecule has 140 valence electrons. The average molecular weight is 373 g/mol. The Balaban J connectivity index is 1.62. The fraction of sp³-hybridized carbons (Fsp3) is 0.143. The molecule has 0 aliphatic heterocycles. The van der Waals surface area contributed by atoms with Crippen molar-refractivity contribution in [2.24, 2.45) is 0 Å². The molecule has 0 fully saturated rings. The molecule has 7 nitrogen and oxygen atoms in total. The van der Waals surface area contributed by atoms with Crippen LogP contribution in [-0.2, 0) is 11.3 Å². The quantitative estimate of drug-likeness (QED) is 0.596. The zero-order valence-corrected chi connectivity index (χ0v) is 15.6. The summed E-state index contributed by atoms with van der Waals surface area (Å²) in [6.45, 7) is 3.80. The van der Waals surface area contributed by atoms with E-state index < -0.39 is 0 Å². The highest BCUT2D eigenvalue weighted by Gasteiger charge is 2.13. The zero-order chi connectivity index (χ0) is 19.7. The molecule has 4 aromatic rings. The maximum absolute atomic E-state index is 12.8. The van der Waals surface area contributed by atoms with E-state index in [4.69, 9.17) is 0 Å². The van der Waals surface area contributed by atoms with Crippen LogP contribution in [0.1, 0.15) is 11.1 Å². The van der Waals surface area contributed by atoms with Gasteiger partial charge in [0.2, 0.25) is 5.91 Å². The number of anilines is 1. The van der Waals surface area contributed by atoms with E-state index >= 15 is 0 Å². The van der Waals surface area contributed by atoms with Crippen LogP contribution in [0.2, 0.25) is 0 Å². The SMILES string of the molecule is Cc1ccc(-n2ncc3c(=O)n(CC(=O)Nc4ccccc4C)cnc32)cc1. The Labute approximate surface area is 161 Å². The molecule has 0 aliphatic carbocycles. The first kappa shape index (κ1) is 17.7. The van der Waals surface area contributed by atoms with Gasteiger partial charge in [-0.3, -0.25) is 14.2 Å². The molecule has 0 bridgehead atoms. The van der Waals surface area contributed by atoms with Gasteiger partial charge in [0.15, 0.2) is 5.65 Å². The Morgan fingerprint density at radius 2 is 1.82 bits per heavy atom. The standard InChI is InChI=1S/C21H19N5O2/c1-14-7-9-16(10-8-14)26-20-17(11-23-26)21(28)25(13-22-20)12-19(27)24-18-6-4-3-5-15(18)2/h3-11,13H,12H2,1-2H3,(H,24,27). The number of para-hydroxylation sites is 1. The average Bonchev–Trinajstić information content (AvgIpc) is 3.11. The number of carbonyl (C=O) groups is 1. The van der Waals surface area contributed by atoms with E-state index in [0.717, 1.165) is 22.5 Å². The molecule has 0 radical (unpaired) electrons. The van der Waals surface area contributed by atoms with Gasteiger partial charge >= 0.3 is 0 Å². The van der Waals surface area contributed by atoms with Crippen molar-refractivity contribution >= 4 is 22.6 Å². The molecule has 2 heterocycles. The van der Waals surface area contributed by atoms with E-state index in [1.54, 1.807) is 4.68 Å². The third-order valence-corrected chi connectivity index (χ3v) is 4.57. The number of benzene rings is 2. The van der Waals surface area contributed by atoms with Crippen molar-refractivity contribution in [1.29, 1.82) is 0 Å². The summed E-state index contributed by atoms with van der Waals surface area (Å²) in [5, 5.41) is 7.49. The minimum Gasteiger partial charge on any atom is -0.324 e. The molecular formula is C21H19N5O2. The van der Waals surface area contributed by atoms with E-state index in [1.165, 1.54) is 17.1 Å². The number of amides is 1. The fourth-order valence-corrected chi connectivity index (χ4v) is 2.99. The maximum atomic E-state index is 12.8. The Morgan fingerprint density at radius 3 is 2.57 bits per heavy atom. The van der Waals surface area contributed by atoms with E-state index in [-0.39, 0.29) is 18.0 Å². The Bertz CT molecular complexity index is 1220. The van der Waals surface area contributed by atoms with E-state index in [0.29, 0.717) is 11.0 Å². The van der Waals surface area contributed by atoms with Gasteiger partial charge in [-0.1, -0.05) is 35.9 Å². The first-order valence-electron chi connectivity index (χ1n) is 8.88. The van der Waals surface area contributed by atoms with Crippen LogP contribution in [0.25, 0.3) is 16.7 Å². The van der Waals surface area contributed by atoms with Gasteiger partial charge in [-0.05, 0) is 37.6 Å². The second-order valence-corrected chi connectivity index (χ2v) is 6.67. The molecule has 0 saturated heterocycles. The van der Waals surface area contributed by atoms with E-state index in [9.17, 15) is 9.59 Å². The molecule has 28 heavy (non-hydrogen) atoms. The molecular weight excluding hydrogens is 354 g/mol. The molecule has 2 aromatic heterocycles. The smallest absolute Gasteiger partial charge is 0.264 e. The summed E-state index contributed by atoms with van der Waals surface area (Å²) >= 11 is 0. The highest BCUT2D eigenvalue weighted by atomic mass is 16.2. The number of nitrogens with one attached hydrogen (secondary N) is 1. The molecule has 1 amide bonds. The van der Waals surface area contributed by atoms with Crippen molar-refractivity contribution in [3.63, 3.8) is 0 Å². The summed E-state index contributed by atoms with van der Waals surface area (Å²) in [6.07, 6.45) is 2.87. The largest absolute Gasteiger partial charge is 0.324 e. The second-order valence-electron chi connectivity index (χ2n) is 6.67. The Morgan fingerprint density at radius 1 is 1.07 bits per heavy atom. The van der Waals surface area contributed by atoms with Gasteiger partial charge in [0.05, 0.1) is 11.9 Å². The number of carbonyl (C=O) groups excluding carboxylic acids is 1.